The van der Waals surface area contributed by atoms with Crippen molar-refractivity contribution in [3.63, 3.8) is 0 Å². The van der Waals surface area contributed by atoms with Crippen LogP contribution in [0.5, 0.6) is 0 Å². The number of halogens is 1. The number of allylic oxidation sites excluding steroid dienone is 1. The molecule has 14 heavy (non-hydrogen) atoms. The van der Waals surface area contributed by atoms with Crippen molar-refractivity contribution in [2.24, 2.45) is 11.7 Å². The minimum Gasteiger partial charge on any atom is -0.462 e. The van der Waals surface area contributed by atoms with E-state index in [1.165, 1.54) is 13.8 Å². The minimum absolute atomic E-state index is 0.119. The van der Waals surface area contributed by atoms with Crippen molar-refractivity contribution < 1.29 is 13.9 Å². The molecule has 0 saturated carbocycles. The summed E-state index contributed by atoms with van der Waals surface area (Å²) in [7, 11) is 0. The Balaban J connectivity index is 4.17. The van der Waals surface area contributed by atoms with Crippen molar-refractivity contribution in [2.45, 2.75) is 33.4 Å². The first-order valence-electron chi connectivity index (χ1n) is 4.56. The van der Waals surface area contributed by atoms with Crippen LogP contribution in [0, 0.1) is 5.92 Å². The number of esters is 1. The lowest BCUT2D eigenvalue weighted by Gasteiger charge is -2.14. The number of nitrogens with two attached hydrogens (primary N) is 1. The zero-order valence-corrected chi connectivity index (χ0v) is 9.13. The molecule has 2 N–H and O–H groups in total. The van der Waals surface area contributed by atoms with Gasteiger partial charge in [0.05, 0.1) is 12.3 Å². The molecule has 0 aliphatic heterocycles. The summed E-state index contributed by atoms with van der Waals surface area (Å²) in [5.41, 5.74) is 3.54. The monoisotopic (exact) mass is 203 g/mol. The number of rotatable bonds is 4. The molecule has 0 amide bonds. The number of hydrogen-bond acceptors (Lipinski definition) is 3. The Bertz CT molecular complexity index is 229. The molecule has 0 aliphatic rings. The molecule has 0 aromatic rings. The lowest BCUT2D eigenvalue weighted by molar-refractivity contribution is -0.138. The lowest BCUT2D eigenvalue weighted by atomic mass is 10.1. The van der Waals surface area contributed by atoms with E-state index in [0.717, 1.165) is 6.08 Å². The van der Waals surface area contributed by atoms with E-state index in [0.29, 0.717) is 6.61 Å². The van der Waals surface area contributed by atoms with Crippen molar-refractivity contribution in [2.75, 3.05) is 6.61 Å². The Morgan fingerprint density at radius 2 is 2.07 bits per heavy atom. The topological polar surface area (TPSA) is 52.3 Å². The predicted octanol–water partition coefficient (Wildman–Crippen LogP) is 1.78. The van der Waals surface area contributed by atoms with Crippen LogP contribution in [-0.4, -0.2) is 18.2 Å². The maximum atomic E-state index is 13.1. The van der Waals surface area contributed by atoms with Gasteiger partial charge in [-0.2, -0.15) is 0 Å². The molecule has 4 heteroatoms. The Hall–Kier alpha value is -1.06. The summed E-state index contributed by atoms with van der Waals surface area (Å²) in [5.74, 6) is -0.339. The first-order chi connectivity index (χ1) is 6.23. The van der Waals surface area contributed by atoms with Gasteiger partial charge in [-0.15, -0.1) is 0 Å². The standard InChI is InChI=1S/C10H18FNO2/c1-7(2)6-14-9(13)5-8(12)10(3,4)11/h5,7H,6,12H2,1-4H3. The summed E-state index contributed by atoms with van der Waals surface area (Å²) < 4.78 is 17.9. The van der Waals surface area contributed by atoms with Crippen LogP contribution in [0.1, 0.15) is 27.7 Å². The van der Waals surface area contributed by atoms with Gasteiger partial charge in [-0.1, -0.05) is 13.8 Å². The van der Waals surface area contributed by atoms with Crippen LogP contribution in [-0.2, 0) is 9.53 Å². The number of carbonyl (C=O) groups excluding carboxylic acids is 1. The second-order valence-electron chi connectivity index (χ2n) is 4.10. The smallest absolute Gasteiger partial charge is 0.332 e. The van der Waals surface area contributed by atoms with E-state index in [1.807, 2.05) is 13.8 Å². The molecule has 3 nitrogen and oxygen atoms in total. The molecule has 0 atom stereocenters. The van der Waals surface area contributed by atoms with E-state index in [-0.39, 0.29) is 11.6 Å². The number of alkyl halides is 1. The van der Waals surface area contributed by atoms with E-state index < -0.39 is 11.6 Å². The third-order valence-corrected chi connectivity index (χ3v) is 1.52. The van der Waals surface area contributed by atoms with Crippen LogP contribution in [0.2, 0.25) is 0 Å². The molecule has 0 heterocycles. The fraction of sp³-hybridized carbons (Fsp3) is 0.700. The van der Waals surface area contributed by atoms with E-state index in [4.69, 9.17) is 10.5 Å². The number of hydrogen-bond donors (Lipinski definition) is 1. The maximum Gasteiger partial charge on any atom is 0.332 e. The summed E-state index contributed by atoms with van der Waals surface area (Å²) in [4.78, 5) is 11.1. The fourth-order valence-corrected chi connectivity index (χ4v) is 0.589. The summed E-state index contributed by atoms with van der Waals surface area (Å²) in [6.45, 7) is 6.72. The first kappa shape index (κ1) is 12.9. The fourth-order valence-electron chi connectivity index (χ4n) is 0.589. The second-order valence-corrected chi connectivity index (χ2v) is 4.10. The highest BCUT2D eigenvalue weighted by Crippen LogP contribution is 2.15. The van der Waals surface area contributed by atoms with Crippen LogP contribution < -0.4 is 5.73 Å². The highest BCUT2D eigenvalue weighted by Gasteiger charge is 2.20. The maximum absolute atomic E-state index is 13.1. The Kier molecular flexibility index (Phi) is 4.60. The molecular formula is C10H18FNO2. The minimum atomic E-state index is -1.68. The highest BCUT2D eigenvalue weighted by atomic mass is 19.1. The average molecular weight is 203 g/mol. The first-order valence-corrected chi connectivity index (χ1v) is 4.56. The molecule has 0 aromatic carbocycles. The average Bonchev–Trinajstić information content (AvgIpc) is 1.99. The molecular weight excluding hydrogens is 185 g/mol. The van der Waals surface area contributed by atoms with Crippen LogP contribution >= 0.6 is 0 Å². The molecule has 0 radical (unpaired) electrons. The van der Waals surface area contributed by atoms with E-state index in [1.54, 1.807) is 0 Å². The Morgan fingerprint density at radius 3 is 2.43 bits per heavy atom. The van der Waals surface area contributed by atoms with Gasteiger partial charge in [-0.3, -0.25) is 0 Å². The van der Waals surface area contributed by atoms with Crippen molar-refractivity contribution >= 4 is 5.97 Å². The van der Waals surface area contributed by atoms with Crippen LogP contribution in [0.25, 0.3) is 0 Å². The molecule has 82 valence electrons. The summed E-state index contributed by atoms with van der Waals surface area (Å²) in [6, 6.07) is 0. The van der Waals surface area contributed by atoms with Crippen molar-refractivity contribution in [3.8, 4) is 0 Å². The van der Waals surface area contributed by atoms with Gasteiger partial charge < -0.3 is 10.5 Å². The second kappa shape index (κ2) is 4.98. The zero-order valence-electron chi connectivity index (χ0n) is 9.13. The number of ether oxygens (including phenoxy) is 1. The van der Waals surface area contributed by atoms with Gasteiger partial charge in [-0.05, 0) is 19.8 Å². The van der Waals surface area contributed by atoms with Gasteiger partial charge in [0, 0.05) is 6.08 Å². The number of carbonyl (C=O) groups is 1. The van der Waals surface area contributed by atoms with E-state index >= 15 is 0 Å². The highest BCUT2D eigenvalue weighted by molar-refractivity contribution is 5.82. The van der Waals surface area contributed by atoms with Gasteiger partial charge in [0.25, 0.3) is 0 Å². The molecule has 0 aromatic heterocycles. The van der Waals surface area contributed by atoms with Crippen LogP contribution in [0.4, 0.5) is 4.39 Å². The Morgan fingerprint density at radius 1 is 1.57 bits per heavy atom. The third-order valence-electron chi connectivity index (χ3n) is 1.52. The van der Waals surface area contributed by atoms with Gasteiger partial charge in [0.1, 0.15) is 5.67 Å². The lowest BCUT2D eigenvalue weighted by Crippen LogP contribution is -2.24. The molecule has 0 unspecified atom stereocenters. The van der Waals surface area contributed by atoms with Crippen molar-refractivity contribution in [1.29, 1.82) is 0 Å². The van der Waals surface area contributed by atoms with Gasteiger partial charge in [0.15, 0.2) is 0 Å². The zero-order chi connectivity index (χ0) is 11.4. The summed E-state index contributed by atoms with van der Waals surface area (Å²) >= 11 is 0. The van der Waals surface area contributed by atoms with Gasteiger partial charge >= 0.3 is 5.97 Å². The van der Waals surface area contributed by atoms with Gasteiger partial charge in [-0.25, -0.2) is 9.18 Å². The van der Waals surface area contributed by atoms with Gasteiger partial charge in [0.2, 0.25) is 0 Å². The molecule has 0 fully saturated rings. The SMILES string of the molecule is CC(C)COC(=O)C=C(N)C(C)(C)F. The molecule has 0 aliphatic carbocycles. The Labute approximate surface area is 84.1 Å². The molecule has 0 spiro atoms. The molecule has 0 rings (SSSR count). The summed E-state index contributed by atoms with van der Waals surface area (Å²) in [6.07, 6.45) is 0.988. The van der Waals surface area contributed by atoms with Crippen LogP contribution in [0.15, 0.2) is 11.8 Å². The quantitative estimate of drug-likeness (QED) is 0.559. The van der Waals surface area contributed by atoms with E-state index in [9.17, 15) is 9.18 Å². The van der Waals surface area contributed by atoms with E-state index in [2.05, 4.69) is 0 Å². The van der Waals surface area contributed by atoms with Crippen molar-refractivity contribution in [1.82, 2.24) is 0 Å². The molecule has 0 saturated heterocycles. The normalized spacial score (nSPS) is 13.1. The third kappa shape index (κ3) is 5.56. The van der Waals surface area contributed by atoms with Crippen molar-refractivity contribution in [3.05, 3.63) is 11.8 Å². The predicted molar refractivity (Wildman–Crippen MR) is 53.3 cm³/mol. The summed E-state index contributed by atoms with van der Waals surface area (Å²) in [5, 5.41) is 0. The molecule has 0 bridgehead atoms. The van der Waals surface area contributed by atoms with Crippen LogP contribution in [0.3, 0.4) is 0 Å². The largest absolute Gasteiger partial charge is 0.462 e.